The molecule has 0 aliphatic carbocycles. The minimum absolute atomic E-state index is 0.0521. The molecule has 1 fully saturated rings. The van der Waals surface area contributed by atoms with Gasteiger partial charge in [-0.1, -0.05) is 54.1 Å². The largest absolute Gasteiger partial charge is 0.377 e. The quantitative estimate of drug-likeness (QED) is 0.306. The van der Waals surface area contributed by atoms with Crippen molar-refractivity contribution in [3.05, 3.63) is 95.9 Å². The van der Waals surface area contributed by atoms with Gasteiger partial charge in [0.15, 0.2) is 0 Å². The minimum Gasteiger partial charge on any atom is -0.377 e. The van der Waals surface area contributed by atoms with Gasteiger partial charge in [0.1, 0.15) is 5.82 Å². The summed E-state index contributed by atoms with van der Waals surface area (Å²) in [5.41, 5.74) is 3.27. The molecule has 2 heterocycles. The number of carbonyl (C=O) groups is 1. The Morgan fingerprint density at radius 3 is 2.52 bits per heavy atom. The molecule has 1 atom stereocenters. The normalized spacial score (nSPS) is 15.4. The Hall–Kier alpha value is -3.86. The van der Waals surface area contributed by atoms with Crippen LogP contribution in [-0.4, -0.2) is 54.0 Å². The highest BCUT2D eigenvalue weighted by Crippen LogP contribution is 2.26. The predicted octanol–water partition coefficient (Wildman–Crippen LogP) is 5.10. The number of ether oxygens (including phenoxy) is 1. The van der Waals surface area contributed by atoms with Gasteiger partial charge in [-0.25, -0.2) is 17.8 Å². The number of halogens is 1. The average Bonchev–Trinajstić information content (AvgIpc) is 3.61. The van der Waals surface area contributed by atoms with E-state index in [0.29, 0.717) is 30.0 Å². The van der Waals surface area contributed by atoms with Gasteiger partial charge in [0.2, 0.25) is 21.9 Å². The molecule has 10 heteroatoms. The van der Waals surface area contributed by atoms with E-state index < -0.39 is 28.3 Å². The maximum absolute atomic E-state index is 14.5. The van der Waals surface area contributed by atoms with Crippen molar-refractivity contribution in [2.75, 3.05) is 25.0 Å². The van der Waals surface area contributed by atoms with Crippen molar-refractivity contribution >= 4 is 21.9 Å². The first-order valence-electron chi connectivity index (χ1n) is 13.1. The Balaban J connectivity index is 1.45. The number of imidazole rings is 1. The zero-order valence-corrected chi connectivity index (χ0v) is 23.2. The third-order valence-electron chi connectivity index (χ3n) is 6.87. The Morgan fingerprint density at radius 1 is 1.10 bits per heavy atom. The van der Waals surface area contributed by atoms with Crippen molar-refractivity contribution in [3.8, 4) is 16.9 Å². The molecule has 8 nitrogen and oxygen atoms in total. The molecule has 208 valence electrons. The summed E-state index contributed by atoms with van der Waals surface area (Å²) in [5.74, 6) is -0.818. The standard InChI is InChI=1S/C30H31FN4O4S/c1-21-10-14-26(15-11-21)40(37,38)34(18-25-9-6-16-39-25)20-29(36)33-30-32-28(23-7-4-3-5-8-23)19-35(30)24-13-12-22(2)27(31)17-24/h3-5,7-8,10-15,17,19,25H,6,9,16,18,20H2,1-2H3,(H,32,33,36)/t25-/m0/s1. The van der Waals surface area contributed by atoms with Crippen LogP contribution in [0.3, 0.4) is 0 Å². The molecule has 1 aliphatic rings. The van der Waals surface area contributed by atoms with E-state index in [1.54, 1.807) is 42.0 Å². The van der Waals surface area contributed by atoms with Gasteiger partial charge in [-0.15, -0.1) is 0 Å². The van der Waals surface area contributed by atoms with Gasteiger partial charge in [-0.3, -0.25) is 14.7 Å². The summed E-state index contributed by atoms with van der Waals surface area (Å²) in [7, 11) is -3.99. The van der Waals surface area contributed by atoms with E-state index in [2.05, 4.69) is 10.3 Å². The highest BCUT2D eigenvalue weighted by atomic mass is 32.2. The molecule has 3 aromatic carbocycles. The van der Waals surface area contributed by atoms with Gasteiger partial charge in [0.05, 0.1) is 28.9 Å². The van der Waals surface area contributed by atoms with Crippen LogP contribution in [0.2, 0.25) is 0 Å². The monoisotopic (exact) mass is 562 g/mol. The lowest BCUT2D eigenvalue weighted by atomic mass is 10.2. The van der Waals surface area contributed by atoms with Crippen LogP contribution >= 0.6 is 0 Å². The average molecular weight is 563 g/mol. The lowest BCUT2D eigenvalue weighted by molar-refractivity contribution is -0.116. The highest BCUT2D eigenvalue weighted by Gasteiger charge is 2.31. The van der Waals surface area contributed by atoms with Crippen LogP contribution in [0.1, 0.15) is 24.0 Å². The van der Waals surface area contributed by atoms with Gasteiger partial charge in [-0.05, 0) is 56.5 Å². The molecule has 0 saturated carbocycles. The van der Waals surface area contributed by atoms with E-state index in [9.17, 15) is 17.6 Å². The summed E-state index contributed by atoms with van der Waals surface area (Å²) >= 11 is 0. The lowest BCUT2D eigenvalue weighted by Crippen LogP contribution is -2.42. The topological polar surface area (TPSA) is 93.5 Å². The van der Waals surface area contributed by atoms with Crippen LogP contribution in [0.25, 0.3) is 16.9 Å². The summed E-state index contributed by atoms with van der Waals surface area (Å²) in [5, 5.41) is 2.76. The fourth-order valence-electron chi connectivity index (χ4n) is 4.59. The van der Waals surface area contributed by atoms with Gasteiger partial charge >= 0.3 is 0 Å². The van der Waals surface area contributed by atoms with Gasteiger partial charge in [0, 0.05) is 24.9 Å². The fraction of sp³-hybridized carbons (Fsp3) is 0.267. The molecule has 4 aromatic rings. The van der Waals surface area contributed by atoms with Crippen molar-refractivity contribution in [2.24, 2.45) is 0 Å². The van der Waals surface area contributed by atoms with Crippen molar-refractivity contribution in [1.29, 1.82) is 0 Å². The van der Waals surface area contributed by atoms with Crippen LogP contribution in [0.4, 0.5) is 10.3 Å². The molecule has 1 aliphatic heterocycles. The van der Waals surface area contributed by atoms with Crippen LogP contribution in [0.15, 0.2) is 83.9 Å². The second-order valence-corrected chi connectivity index (χ2v) is 11.9. The van der Waals surface area contributed by atoms with E-state index >= 15 is 0 Å². The number of nitrogens with zero attached hydrogens (tertiary/aromatic N) is 3. The maximum atomic E-state index is 14.5. The molecule has 0 bridgehead atoms. The predicted molar refractivity (Wildman–Crippen MR) is 151 cm³/mol. The first-order valence-corrected chi connectivity index (χ1v) is 14.5. The number of anilines is 1. The lowest BCUT2D eigenvalue weighted by Gasteiger charge is -2.24. The van der Waals surface area contributed by atoms with Crippen molar-refractivity contribution in [2.45, 2.75) is 37.7 Å². The van der Waals surface area contributed by atoms with E-state index in [1.165, 1.54) is 18.2 Å². The molecule has 0 spiro atoms. The van der Waals surface area contributed by atoms with Crippen LogP contribution in [0.5, 0.6) is 0 Å². The number of nitrogens with one attached hydrogen (secondary N) is 1. The Labute approximate surface area is 233 Å². The SMILES string of the molecule is Cc1ccc(S(=O)(=O)N(CC(=O)Nc2nc(-c3ccccc3)cn2-c2ccc(C)c(F)c2)C[C@@H]2CCCO2)cc1. The number of amides is 1. The first-order chi connectivity index (χ1) is 19.2. The molecular weight excluding hydrogens is 531 g/mol. The number of hydrogen-bond acceptors (Lipinski definition) is 5. The van der Waals surface area contributed by atoms with Crippen LogP contribution in [-0.2, 0) is 19.6 Å². The summed E-state index contributed by atoms with van der Waals surface area (Å²) in [6.07, 6.45) is 2.96. The van der Waals surface area contributed by atoms with Crippen LogP contribution < -0.4 is 5.32 Å². The molecule has 1 N–H and O–H groups in total. The summed E-state index contributed by atoms with van der Waals surface area (Å²) < 4.78 is 50.1. The summed E-state index contributed by atoms with van der Waals surface area (Å²) in [4.78, 5) is 18.1. The molecular formula is C30H31FN4O4S. The number of sulfonamides is 1. The second-order valence-electron chi connectivity index (χ2n) is 9.91. The fourth-order valence-corrected chi connectivity index (χ4v) is 6.02. The molecule has 1 aromatic heterocycles. The first kappa shape index (κ1) is 27.7. The van der Waals surface area contributed by atoms with Crippen molar-refractivity contribution < 1.29 is 22.3 Å². The maximum Gasteiger partial charge on any atom is 0.243 e. The zero-order chi connectivity index (χ0) is 28.3. The number of rotatable bonds is 9. The zero-order valence-electron chi connectivity index (χ0n) is 22.4. The van der Waals surface area contributed by atoms with Crippen molar-refractivity contribution in [3.63, 3.8) is 0 Å². The van der Waals surface area contributed by atoms with Crippen molar-refractivity contribution in [1.82, 2.24) is 13.9 Å². The van der Waals surface area contributed by atoms with E-state index in [4.69, 9.17) is 4.74 Å². The highest BCUT2D eigenvalue weighted by molar-refractivity contribution is 7.89. The smallest absolute Gasteiger partial charge is 0.243 e. The summed E-state index contributed by atoms with van der Waals surface area (Å²) in [6, 6.07) is 20.7. The number of aromatic nitrogens is 2. The third kappa shape index (κ3) is 6.14. The number of hydrogen-bond donors (Lipinski definition) is 1. The van der Waals surface area contributed by atoms with Gasteiger partial charge in [-0.2, -0.15) is 4.31 Å². The molecule has 40 heavy (non-hydrogen) atoms. The number of aryl methyl sites for hydroxylation is 2. The Morgan fingerprint density at radius 2 is 1.85 bits per heavy atom. The van der Waals surface area contributed by atoms with Gasteiger partial charge in [0.25, 0.3) is 0 Å². The van der Waals surface area contributed by atoms with E-state index in [1.807, 2.05) is 37.3 Å². The molecule has 1 amide bonds. The molecule has 0 unspecified atom stereocenters. The molecule has 1 saturated heterocycles. The minimum atomic E-state index is -3.99. The summed E-state index contributed by atoms with van der Waals surface area (Å²) in [6.45, 7) is 3.71. The third-order valence-corrected chi connectivity index (χ3v) is 8.70. The number of carbonyl (C=O) groups excluding carboxylic acids is 1. The number of benzene rings is 3. The van der Waals surface area contributed by atoms with Crippen LogP contribution in [0, 0.1) is 19.7 Å². The Bertz CT molecular complexity index is 1600. The Kier molecular flexibility index (Phi) is 8.11. The molecule has 0 radical (unpaired) electrons. The van der Waals surface area contributed by atoms with E-state index in [0.717, 1.165) is 21.9 Å². The second kappa shape index (κ2) is 11.7. The van der Waals surface area contributed by atoms with Gasteiger partial charge < -0.3 is 4.74 Å². The van der Waals surface area contributed by atoms with E-state index in [-0.39, 0.29) is 23.5 Å². The molecule has 5 rings (SSSR count).